The van der Waals surface area contributed by atoms with Crippen molar-refractivity contribution in [2.24, 2.45) is 0 Å². The van der Waals surface area contributed by atoms with Gasteiger partial charge in [0.1, 0.15) is 0 Å². The van der Waals surface area contributed by atoms with E-state index in [1.807, 2.05) is 30.3 Å². The Kier molecular flexibility index (Phi) is 3.64. The van der Waals surface area contributed by atoms with Crippen LogP contribution < -0.4 is 5.84 Å². The van der Waals surface area contributed by atoms with Gasteiger partial charge in [0.05, 0.1) is 0 Å². The van der Waals surface area contributed by atoms with Crippen molar-refractivity contribution >= 4 is 11.8 Å². The van der Waals surface area contributed by atoms with Crippen LogP contribution in [0.3, 0.4) is 0 Å². The first kappa shape index (κ1) is 12.7. The molecular formula is C14H13N5S. The largest absolute Gasteiger partial charge is 0.335 e. The molecule has 0 spiro atoms. The maximum absolute atomic E-state index is 6.04. The van der Waals surface area contributed by atoms with Crippen molar-refractivity contribution in [3.63, 3.8) is 0 Å². The summed E-state index contributed by atoms with van der Waals surface area (Å²) in [5, 5.41) is 8.94. The van der Waals surface area contributed by atoms with E-state index in [0.717, 1.165) is 11.3 Å². The molecule has 6 heteroatoms. The van der Waals surface area contributed by atoms with Gasteiger partial charge in [0, 0.05) is 23.7 Å². The molecule has 0 saturated carbocycles. The summed E-state index contributed by atoms with van der Waals surface area (Å²) in [6.07, 6.45) is 3.44. The minimum Gasteiger partial charge on any atom is -0.335 e. The third kappa shape index (κ3) is 2.65. The van der Waals surface area contributed by atoms with E-state index >= 15 is 0 Å². The van der Waals surface area contributed by atoms with Gasteiger partial charge in [-0.1, -0.05) is 42.1 Å². The van der Waals surface area contributed by atoms with Gasteiger partial charge in [-0.15, -0.1) is 10.2 Å². The lowest BCUT2D eigenvalue weighted by Crippen LogP contribution is -2.11. The topological polar surface area (TPSA) is 69.6 Å². The van der Waals surface area contributed by atoms with Crippen LogP contribution in [-0.4, -0.2) is 19.9 Å². The van der Waals surface area contributed by atoms with Gasteiger partial charge in [-0.05, 0) is 17.7 Å². The molecule has 5 nitrogen and oxygen atoms in total. The van der Waals surface area contributed by atoms with Crippen molar-refractivity contribution in [2.75, 3.05) is 5.84 Å². The van der Waals surface area contributed by atoms with Crippen LogP contribution in [0, 0.1) is 0 Å². The molecule has 0 unspecified atom stereocenters. The van der Waals surface area contributed by atoms with Crippen LogP contribution in [0.1, 0.15) is 5.56 Å². The minimum absolute atomic E-state index is 0.619. The highest BCUT2D eigenvalue weighted by Gasteiger charge is 2.12. The van der Waals surface area contributed by atoms with Crippen molar-refractivity contribution < 1.29 is 0 Å². The van der Waals surface area contributed by atoms with E-state index in [-0.39, 0.29) is 0 Å². The summed E-state index contributed by atoms with van der Waals surface area (Å²) in [4.78, 5) is 4.06. The molecule has 0 bridgehead atoms. The van der Waals surface area contributed by atoms with Crippen LogP contribution in [0.4, 0.5) is 0 Å². The van der Waals surface area contributed by atoms with Gasteiger partial charge in [0.25, 0.3) is 0 Å². The molecule has 2 aromatic heterocycles. The number of rotatable bonds is 4. The average molecular weight is 283 g/mol. The summed E-state index contributed by atoms with van der Waals surface area (Å²) in [6.45, 7) is 0. The van der Waals surface area contributed by atoms with E-state index in [2.05, 4.69) is 27.3 Å². The number of hydrogen-bond acceptors (Lipinski definition) is 5. The van der Waals surface area contributed by atoms with Crippen molar-refractivity contribution in [1.29, 1.82) is 0 Å². The molecule has 20 heavy (non-hydrogen) atoms. The molecule has 0 aliphatic rings. The number of nitrogens with zero attached hydrogens (tertiary/aromatic N) is 4. The van der Waals surface area contributed by atoms with Crippen LogP contribution in [0.2, 0.25) is 0 Å². The van der Waals surface area contributed by atoms with Gasteiger partial charge in [-0.3, -0.25) is 4.98 Å². The number of nitrogen functional groups attached to an aromatic ring is 1. The first-order chi connectivity index (χ1) is 9.84. The molecule has 100 valence electrons. The quantitative estimate of drug-likeness (QED) is 0.588. The molecule has 0 atom stereocenters. The van der Waals surface area contributed by atoms with E-state index in [4.69, 9.17) is 5.84 Å². The second-order valence-corrected chi connectivity index (χ2v) is 5.13. The van der Waals surface area contributed by atoms with Gasteiger partial charge in [0.15, 0.2) is 5.82 Å². The molecule has 0 fully saturated rings. The zero-order valence-electron chi connectivity index (χ0n) is 10.7. The zero-order chi connectivity index (χ0) is 13.8. The van der Waals surface area contributed by atoms with Gasteiger partial charge in [0.2, 0.25) is 5.16 Å². The van der Waals surface area contributed by atoms with E-state index in [1.54, 1.807) is 24.2 Å². The second-order valence-electron chi connectivity index (χ2n) is 4.19. The zero-order valence-corrected chi connectivity index (χ0v) is 11.5. The van der Waals surface area contributed by atoms with E-state index in [9.17, 15) is 0 Å². The molecule has 0 aliphatic heterocycles. The number of nitrogens with two attached hydrogens (primary N) is 1. The molecule has 1 aromatic carbocycles. The first-order valence-electron chi connectivity index (χ1n) is 6.12. The predicted molar refractivity (Wildman–Crippen MR) is 79.4 cm³/mol. The molecule has 2 heterocycles. The third-order valence-electron chi connectivity index (χ3n) is 2.80. The lowest BCUT2D eigenvalue weighted by atomic mass is 10.2. The lowest BCUT2D eigenvalue weighted by Gasteiger charge is -2.03. The fourth-order valence-corrected chi connectivity index (χ4v) is 2.60. The minimum atomic E-state index is 0.619. The first-order valence-corrected chi connectivity index (χ1v) is 7.11. The SMILES string of the molecule is Nn1c(SCc2ccccc2)nnc1-c1cccnc1. The van der Waals surface area contributed by atoms with Crippen LogP contribution in [0.5, 0.6) is 0 Å². The Morgan fingerprint density at radius 2 is 1.90 bits per heavy atom. The van der Waals surface area contributed by atoms with Gasteiger partial charge in [-0.2, -0.15) is 0 Å². The Morgan fingerprint density at radius 3 is 2.65 bits per heavy atom. The molecule has 2 N–H and O–H groups in total. The highest BCUT2D eigenvalue weighted by atomic mass is 32.2. The third-order valence-corrected chi connectivity index (χ3v) is 3.81. The molecule has 0 radical (unpaired) electrons. The number of hydrogen-bond donors (Lipinski definition) is 1. The summed E-state index contributed by atoms with van der Waals surface area (Å²) < 4.78 is 1.50. The van der Waals surface area contributed by atoms with E-state index in [1.165, 1.54) is 10.2 Å². The summed E-state index contributed by atoms with van der Waals surface area (Å²) in [5.74, 6) is 7.47. The Labute approximate surface area is 120 Å². The highest BCUT2D eigenvalue weighted by Crippen LogP contribution is 2.23. The van der Waals surface area contributed by atoms with Crippen molar-refractivity contribution in [1.82, 2.24) is 19.9 Å². The lowest BCUT2D eigenvalue weighted by molar-refractivity contribution is 0.849. The van der Waals surface area contributed by atoms with Gasteiger partial charge >= 0.3 is 0 Å². The Bertz CT molecular complexity index is 681. The van der Waals surface area contributed by atoms with Crippen molar-refractivity contribution in [3.05, 3.63) is 60.4 Å². The van der Waals surface area contributed by atoms with E-state index in [0.29, 0.717) is 11.0 Å². The average Bonchev–Trinajstić information content (AvgIpc) is 2.88. The Morgan fingerprint density at radius 1 is 1.05 bits per heavy atom. The fraction of sp³-hybridized carbons (Fsp3) is 0.0714. The molecule has 0 aliphatic carbocycles. The monoisotopic (exact) mass is 283 g/mol. The summed E-state index contributed by atoms with van der Waals surface area (Å²) >= 11 is 1.56. The molecule has 3 aromatic rings. The fourth-order valence-electron chi connectivity index (χ4n) is 1.79. The summed E-state index contributed by atoms with van der Waals surface area (Å²) in [7, 11) is 0. The van der Waals surface area contributed by atoms with Crippen LogP contribution in [-0.2, 0) is 5.75 Å². The number of benzene rings is 1. The predicted octanol–water partition coefficient (Wildman–Crippen LogP) is 2.35. The standard InChI is InChI=1S/C14H13N5S/c15-19-13(12-7-4-8-16-9-12)17-18-14(19)20-10-11-5-2-1-3-6-11/h1-9H,10,15H2. The smallest absolute Gasteiger partial charge is 0.210 e. The van der Waals surface area contributed by atoms with Crippen molar-refractivity contribution in [3.8, 4) is 11.4 Å². The Balaban J connectivity index is 1.78. The summed E-state index contributed by atoms with van der Waals surface area (Å²) in [6, 6.07) is 13.9. The van der Waals surface area contributed by atoms with E-state index < -0.39 is 0 Å². The molecule has 0 amide bonds. The summed E-state index contributed by atoms with van der Waals surface area (Å²) in [5.41, 5.74) is 2.08. The number of aromatic nitrogens is 4. The number of thioether (sulfide) groups is 1. The molecule has 0 saturated heterocycles. The van der Waals surface area contributed by atoms with Crippen LogP contribution in [0.15, 0.2) is 60.0 Å². The van der Waals surface area contributed by atoms with Gasteiger partial charge in [-0.25, -0.2) is 4.68 Å². The van der Waals surface area contributed by atoms with Gasteiger partial charge < -0.3 is 5.84 Å². The molecule has 3 rings (SSSR count). The van der Waals surface area contributed by atoms with Crippen molar-refractivity contribution in [2.45, 2.75) is 10.9 Å². The maximum atomic E-state index is 6.04. The number of pyridine rings is 1. The normalized spacial score (nSPS) is 10.6. The highest BCUT2D eigenvalue weighted by molar-refractivity contribution is 7.98. The molecular weight excluding hydrogens is 270 g/mol. The van der Waals surface area contributed by atoms with Crippen LogP contribution >= 0.6 is 11.8 Å². The second kappa shape index (κ2) is 5.75. The Hall–Kier alpha value is -2.34. The van der Waals surface area contributed by atoms with Crippen LogP contribution in [0.25, 0.3) is 11.4 Å². The maximum Gasteiger partial charge on any atom is 0.210 e.